The van der Waals surface area contributed by atoms with Crippen molar-refractivity contribution in [1.82, 2.24) is 14.7 Å². The van der Waals surface area contributed by atoms with Gasteiger partial charge in [0.05, 0.1) is 45.0 Å². The Balaban J connectivity index is 1.45. The van der Waals surface area contributed by atoms with Crippen LogP contribution < -0.4 is 0 Å². The minimum Gasteiger partial charge on any atom is -0.394 e. The summed E-state index contributed by atoms with van der Waals surface area (Å²) >= 11 is 0. The van der Waals surface area contributed by atoms with Crippen molar-refractivity contribution in [2.24, 2.45) is 0 Å². The molecule has 1 aromatic carbocycles. The molecule has 31 heavy (non-hydrogen) atoms. The molecule has 0 radical (unpaired) electrons. The zero-order valence-corrected chi connectivity index (χ0v) is 17.8. The predicted molar refractivity (Wildman–Crippen MR) is 113 cm³/mol. The number of aliphatic hydroxyl groups excluding tert-OH is 1. The van der Waals surface area contributed by atoms with Gasteiger partial charge < -0.3 is 24.4 Å². The number of benzene rings is 1. The highest BCUT2D eigenvalue weighted by molar-refractivity contribution is 5.88. The Hall–Kier alpha value is -2.44. The zero-order valence-electron chi connectivity index (χ0n) is 17.8. The van der Waals surface area contributed by atoms with Gasteiger partial charge in [0.15, 0.2) is 0 Å². The van der Waals surface area contributed by atoms with Crippen molar-refractivity contribution in [3.63, 3.8) is 0 Å². The summed E-state index contributed by atoms with van der Waals surface area (Å²) in [6, 6.07) is 7.53. The number of ether oxygens (including phenoxy) is 2. The molecule has 1 aromatic rings. The first-order valence-electron chi connectivity index (χ1n) is 10.7. The monoisotopic (exact) mass is 427 g/mol. The molecule has 2 amide bonds. The number of hydrogen-bond donors (Lipinski definition) is 1. The minimum absolute atomic E-state index is 0.00563. The molecule has 3 saturated heterocycles. The Morgan fingerprint density at radius 1 is 1.26 bits per heavy atom. The number of morpholine rings is 1. The fourth-order valence-corrected chi connectivity index (χ4v) is 4.74. The smallest absolute Gasteiger partial charge is 0.242 e. The second-order valence-electron chi connectivity index (χ2n) is 8.16. The van der Waals surface area contributed by atoms with E-state index in [0.717, 1.165) is 24.2 Å². The zero-order chi connectivity index (χ0) is 21.8. The van der Waals surface area contributed by atoms with Gasteiger partial charge in [0.2, 0.25) is 11.8 Å². The maximum absolute atomic E-state index is 12.9. The van der Waals surface area contributed by atoms with Crippen molar-refractivity contribution in [3.8, 4) is 11.8 Å². The highest BCUT2D eigenvalue weighted by Crippen LogP contribution is 2.42. The van der Waals surface area contributed by atoms with Crippen LogP contribution in [0.15, 0.2) is 24.3 Å². The highest BCUT2D eigenvalue weighted by Gasteiger charge is 2.54. The van der Waals surface area contributed by atoms with E-state index in [-0.39, 0.29) is 43.0 Å². The van der Waals surface area contributed by atoms with Gasteiger partial charge in [0.25, 0.3) is 0 Å². The maximum Gasteiger partial charge on any atom is 0.242 e. The van der Waals surface area contributed by atoms with Crippen molar-refractivity contribution in [1.29, 1.82) is 0 Å². The van der Waals surface area contributed by atoms with Crippen molar-refractivity contribution in [2.75, 3.05) is 66.3 Å². The molecule has 3 fully saturated rings. The molecule has 166 valence electrons. The van der Waals surface area contributed by atoms with E-state index in [1.807, 2.05) is 24.3 Å². The Bertz CT molecular complexity index is 856. The first-order valence-corrected chi connectivity index (χ1v) is 10.7. The first-order chi connectivity index (χ1) is 15.1. The van der Waals surface area contributed by atoms with Crippen LogP contribution in [0, 0.1) is 11.8 Å². The molecular weight excluding hydrogens is 398 g/mol. The van der Waals surface area contributed by atoms with Crippen LogP contribution in [0.2, 0.25) is 0 Å². The summed E-state index contributed by atoms with van der Waals surface area (Å²) < 4.78 is 10.3. The third-order valence-corrected chi connectivity index (χ3v) is 6.31. The van der Waals surface area contributed by atoms with E-state index >= 15 is 0 Å². The molecule has 0 spiro atoms. The lowest BCUT2D eigenvalue weighted by molar-refractivity contribution is -0.167. The number of rotatable bonds is 5. The van der Waals surface area contributed by atoms with Gasteiger partial charge in [-0.25, -0.2) is 0 Å². The molecule has 3 atom stereocenters. The van der Waals surface area contributed by atoms with E-state index in [2.05, 4.69) is 16.7 Å². The molecule has 8 nitrogen and oxygen atoms in total. The predicted octanol–water partition coefficient (Wildman–Crippen LogP) is -0.486. The SMILES string of the molecule is COCC#Cc1ccc([C@@H]2[C@@H](CO)N3C(=O)CN(C(=O)CN4CCOCC4)C[C@H]23)cc1. The van der Waals surface area contributed by atoms with Gasteiger partial charge in [-0.2, -0.15) is 0 Å². The molecular formula is C23H29N3O5. The van der Waals surface area contributed by atoms with Crippen LogP contribution >= 0.6 is 0 Å². The Labute approximate surface area is 182 Å². The maximum atomic E-state index is 12.9. The van der Waals surface area contributed by atoms with E-state index in [1.54, 1.807) is 16.9 Å². The highest BCUT2D eigenvalue weighted by atomic mass is 16.5. The molecule has 0 aliphatic carbocycles. The number of amides is 2. The Morgan fingerprint density at radius 2 is 2.00 bits per heavy atom. The Morgan fingerprint density at radius 3 is 2.68 bits per heavy atom. The average Bonchev–Trinajstić information content (AvgIpc) is 2.77. The number of carbonyl (C=O) groups is 2. The van der Waals surface area contributed by atoms with Gasteiger partial charge in [-0.3, -0.25) is 14.5 Å². The average molecular weight is 428 g/mol. The second-order valence-corrected chi connectivity index (χ2v) is 8.16. The molecule has 0 unspecified atom stereocenters. The number of aliphatic hydroxyl groups is 1. The van der Waals surface area contributed by atoms with E-state index < -0.39 is 0 Å². The fraction of sp³-hybridized carbons (Fsp3) is 0.565. The lowest BCUT2D eigenvalue weighted by Crippen LogP contribution is -2.73. The number of methoxy groups -OCH3 is 1. The number of hydrogen-bond acceptors (Lipinski definition) is 6. The van der Waals surface area contributed by atoms with Gasteiger partial charge in [-0.1, -0.05) is 24.0 Å². The van der Waals surface area contributed by atoms with Crippen LogP contribution in [0.5, 0.6) is 0 Å². The normalized spacial score (nSPS) is 26.0. The van der Waals surface area contributed by atoms with Crippen LogP contribution in [0.4, 0.5) is 0 Å². The standard InChI is InChI=1S/C23H29N3O5/c1-30-10-2-3-17-4-6-18(7-5-17)23-19-13-25(15-22(29)26(19)20(23)16-27)21(28)14-24-8-11-31-12-9-24/h4-7,19-20,23,27H,8-16H2,1H3/t19-,20-,23+/m1/s1. The summed E-state index contributed by atoms with van der Waals surface area (Å²) in [5, 5.41) is 9.93. The molecule has 0 aromatic heterocycles. The molecule has 3 heterocycles. The van der Waals surface area contributed by atoms with Gasteiger partial charge >= 0.3 is 0 Å². The number of piperazine rings is 1. The lowest BCUT2D eigenvalue weighted by atomic mass is 9.73. The first kappa shape index (κ1) is 21.8. The van der Waals surface area contributed by atoms with E-state index in [4.69, 9.17) is 9.47 Å². The van der Waals surface area contributed by atoms with Crippen LogP contribution in [-0.2, 0) is 19.1 Å². The molecule has 3 aliphatic heterocycles. The van der Waals surface area contributed by atoms with Crippen molar-refractivity contribution in [3.05, 3.63) is 35.4 Å². The summed E-state index contributed by atoms with van der Waals surface area (Å²) in [6.45, 7) is 3.91. The van der Waals surface area contributed by atoms with Crippen LogP contribution in [0.1, 0.15) is 17.0 Å². The summed E-state index contributed by atoms with van der Waals surface area (Å²) in [7, 11) is 1.61. The second kappa shape index (κ2) is 9.79. The number of fused-ring (bicyclic) bond motifs is 1. The van der Waals surface area contributed by atoms with Crippen molar-refractivity contribution in [2.45, 2.75) is 18.0 Å². The molecule has 3 aliphatic rings. The molecule has 0 saturated carbocycles. The fourth-order valence-electron chi connectivity index (χ4n) is 4.74. The quantitative estimate of drug-likeness (QED) is 0.639. The summed E-state index contributed by atoms with van der Waals surface area (Å²) in [5.74, 6) is 5.85. The van der Waals surface area contributed by atoms with E-state index in [0.29, 0.717) is 32.9 Å². The third-order valence-electron chi connectivity index (χ3n) is 6.31. The number of carbonyl (C=O) groups excluding carboxylic acids is 2. The van der Waals surface area contributed by atoms with Crippen LogP contribution in [0.25, 0.3) is 0 Å². The molecule has 0 bridgehead atoms. The third kappa shape index (κ3) is 4.60. The van der Waals surface area contributed by atoms with E-state index in [9.17, 15) is 14.7 Å². The van der Waals surface area contributed by atoms with Crippen LogP contribution in [-0.4, -0.2) is 110 Å². The van der Waals surface area contributed by atoms with Crippen molar-refractivity contribution >= 4 is 11.8 Å². The van der Waals surface area contributed by atoms with Gasteiger partial charge in [-0.05, 0) is 17.7 Å². The van der Waals surface area contributed by atoms with Crippen molar-refractivity contribution < 1.29 is 24.2 Å². The number of nitrogens with zero attached hydrogens (tertiary/aromatic N) is 3. The lowest BCUT2D eigenvalue weighted by Gasteiger charge is -2.58. The Kier molecular flexibility index (Phi) is 6.88. The molecule has 1 N–H and O–H groups in total. The molecule has 4 rings (SSSR count). The summed E-state index contributed by atoms with van der Waals surface area (Å²) in [4.78, 5) is 31.1. The van der Waals surface area contributed by atoms with Gasteiger partial charge in [-0.15, -0.1) is 0 Å². The summed E-state index contributed by atoms with van der Waals surface area (Å²) in [6.07, 6.45) is 0. The van der Waals surface area contributed by atoms with E-state index in [1.165, 1.54) is 0 Å². The topological polar surface area (TPSA) is 82.6 Å². The van der Waals surface area contributed by atoms with Crippen LogP contribution in [0.3, 0.4) is 0 Å². The summed E-state index contributed by atoms with van der Waals surface area (Å²) in [5.41, 5.74) is 1.94. The van der Waals surface area contributed by atoms with Gasteiger partial charge in [0.1, 0.15) is 6.61 Å². The van der Waals surface area contributed by atoms with Gasteiger partial charge in [0, 0.05) is 38.2 Å². The molecule has 8 heteroatoms. The minimum atomic E-state index is -0.251. The largest absolute Gasteiger partial charge is 0.394 e.